The second-order valence-corrected chi connectivity index (χ2v) is 4.77. The Morgan fingerprint density at radius 1 is 1.25 bits per heavy atom. The molecule has 0 fully saturated rings. The highest BCUT2D eigenvalue weighted by atomic mass is 19.1. The fourth-order valence-electron chi connectivity index (χ4n) is 1.93. The number of furan rings is 1. The van der Waals surface area contributed by atoms with Crippen molar-refractivity contribution < 1.29 is 13.5 Å². The van der Waals surface area contributed by atoms with E-state index in [1.165, 1.54) is 6.07 Å². The average Bonchev–Trinajstić information content (AvgIpc) is 2.78. The highest BCUT2D eigenvalue weighted by Crippen LogP contribution is 2.20. The van der Waals surface area contributed by atoms with E-state index in [1.807, 2.05) is 13.0 Å². The van der Waals surface area contributed by atoms with Crippen molar-refractivity contribution in [3.05, 3.63) is 52.7 Å². The van der Waals surface area contributed by atoms with Gasteiger partial charge in [-0.1, -0.05) is 6.92 Å². The van der Waals surface area contributed by atoms with Crippen LogP contribution in [-0.2, 0) is 13.2 Å². The molecule has 0 unspecified atom stereocenters. The summed E-state index contributed by atoms with van der Waals surface area (Å²) in [7, 11) is 0. The summed E-state index contributed by atoms with van der Waals surface area (Å²) >= 11 is 0. The monoisotopic (exact) mass is 277 g/mol. The van der Waals surface area contributed by atoms with Crippen molar-refractivity contribution in [3.8, 4) is 5.75 Å². The highest BCUT2D eigenvalue weighted by Gasteiger charge is 2.08. The smallest absolute Gasteiger partial charge is 0.126 e. The van der Waals surface area contributed by atoms with Crippen LogP contribution < -0.4 is 10.1 Å². The first-order chi connectivity index (χ1) is 9.60. The van der Waals surface area contributed by atoms with Crippen molar-refractivity contribution in [3.63, 3.8) is 0 Å². The minimum absolute atomic E-state index is 0.218. The number of benzene rings is 1. The van der Waals surface area contributed by atoms with Gasteiger partial charge < -0.3 is 14.5 Å². The lowest BCUT2D eigenvalue weighted by atomic mass is 10.2. The molecule has 1 N–H and O–H groups in total. The maximum atomic E-state index is 13.2. The largest absolute Gasteiger partial charge is 0.489 e. The molecule has 0 aliphatic rings. The molecule has 108 valence electrons. The summed E-state index contributed by atoms with van der Waals surface area (Å²) in [6.07, 6.45) is 0. The van der Waals surface area contributed by atoms with E-state index in [2.05, 4.69) is 12.2 Å². The molecule has 0 bridgehead atoms. The molecule has 0 aliphatic carbocycles. The molecule has 3 nitrogen and oxygen atoms in total. The number of hydrogen-bond acceptors (Lipinski definition) is 3. The Kier molecular flexibility index (Phi) is 4.79. The minimum atomic E-state index is -0.218. The van der Waals surface area contributed by atoms with Gasteiger partial charge in [-0.15, -0.1) is 0 Å². The highest BCUT2D eigenvalue weighted by molar-refractivity contribution is 5.29. The van der Waals surface area contributed by atoms with Crippen molar-refractivity contribution in [1.82, 2.24) is 5.32 Å². The molecule has 0 saturated heterocycles. The number of hydrogen-bond donors (Lipinski definition) is 1. The molecular formula is C16H20FNO2. The quantitative estimate of drug-likeness (QED) is 0.873. The Morgan fingerprint density at radius 2 is 2.05 bits per heavy atom. The Bertz CT molecular complexity index is 578. The lowest BCUT2D eigenvalue weighted by molar-refractivity contribution is 0.302. The SMILES string of the molecule is CCNCc1cc(COc2ccc(F)c(C)c2)c(C)o1. The molecule has 20 heavy (non-hydrogen) atoms. The third kappa shape index (κ3) is 3.61. The van der Waals surface area contributed by atoms with Crippen molar-refractivity contribution >= 4 is 0 Å². The molecule has 4 heteroatoms. The maximum absolute atomic E-state index is 13.2. The van der Waals surface area contributed by atoms with Crippen LogP contribution >= 0.6 is 0 Å². The first kappa shape index (κ1) is 14.6. The number of nitrogens with one attached hydrogen (secondary N) is 1. The van der Waals surface area contributed by atoms with E-state index in [0.717, 1.165) is 23.6 Å². The van der Waals surface area contributed by atoms with Gasteiger partial charge >= 0.3 is 0 Å². The zero-order valence-electron chi connectivity index (χ0n) is 12.1. The summed E-state index contributed by atoms with van der Waals surface area (Å²) < 4.78 is 24.5. The van der Waals surface area contributed by atoms with Crippen molar-refractivity contribution in [1.29, 1.82) is 0 Å². The van der Waals surface area contributed by atoms with Gasteiger partial charge in [0.25, 0.3) is 0 Å². The Hall–Kier alpha value is -1.81. The van der Waals surface area contributed by atoms with E-state index in [4.69, 9.17) is 9.15 Å². The fourth-order valence-corrected chi connectivity index (χ4v) is 1.93. The Morgan fingerprint density at radius 3 is 2.75 bits per heavy atom. The molecule has 0 amide bonds. The number of rotatable bonds is 6. The van der Waals surface area contributed by atoms with Crippen molar-refractivity contribution in [2.75, 3.05) is 6.54 Å². The standard InChI is InChI=1S/C16H20FNO2/c1-4-18-9-15-8-13(12(3)20-15)10-19-14-5-6-16(17)11(2)7-14/h5-8,18H,4,9-10H2,1-3H3. The van der Waals surface area contributed by atoms with Gasteiger partial charge in [0.2, 0.25) is 0 Å². The van der Waals surface area contributed by atoms with Gasteiger partial charge in [-0.3, -0.25) is 0 Å². The van der Waals surface area contributed by atoms with Crippen molar-refractivity contribution in [2.45, 2.75) is 33.9 Å². The zero-order chi connectivity index (χ0) is 14.5. The van der Waals surface area contributed by atoms with Gasteiger partial charge in [0, 0.05) is 5.56 Å². The third-order valence-corrected chi connectivity index (χ3v) is 3.14. The number of halogens is 1. The van der Waals surface area contributed by atoms with Crippen LogP contribution in [0.25, 0.3) is 0 Å². The topological polar surface area (TPSA) is 34.4 Å². The third-order valence-electron chi connectivity index (χ3n) is 3.14. The first-order valence-electron chi connectivity index (χ1n) is 6.78. The molecule has 0 saturated carbocycles. The number of aryl methyl sites for hydroxylation is 2. The molecule has 0 spiro atoms. The lowest BCUT2D eigenvalue weighted by Crippen LogP contribution is -2.10. The van der Waals surface area contributed by atoms with Gasteiger partial charge in [-0.2, -0.15) is 0 Å². The predicted molar refractivity (Wildman–Crippen MR) is 76.3 cm³/mol. The van der Waals surface area contributed by atoms with E-state index in [9.17, 15) is 4.39 Å². The minimum Gasteiger partial charge on any atom is -0.489 e. The second kappa shape index (κ2) is 6.57. The molecule has 2 rings (SSSR count). The summed E-state index contributed by atoms with van der Waals surface area (Å²) in [5, 5.41) is 3.22. The Balaban J connectivity index is 1.99. The average molecular weight is 277 g/mol. The van der Waals surface area contributed by atoms with E-state index in [1.54, 1.807) is 19.1 Å². The van der Waals surface area contributed by atoms with Gasteiger partial charge in [0.15, 0.2) is 0 Å². The molecular weight excluding hydrogens is 257 g/mol. The van der Waals surface area contributed by atoms with Crippen LogP contribution in [0.15, 0.2) is 28.7 Å². The van der Waals surface area contributed by atoms with E-state index < -0.39 is 0 Å². The van der Waals surface area contributed by atoms with Gasteiger partial charge in [-0.05, 0) is 50.2 Å². The first-order valence-corrected chi connectivity index (χ1v) is 6.78. The molecule has 1 aromatic heterocycles. The summed E-state index contributed by atoms with van der Waals surface area (Å²) in [6.45, 7) is 7.74. The Labute approximate surface area is 118 Å². The maximum Gasteiger partial charge on any atom is 0.126 e. The van der Waals surface area contributed by atoms with Crippen LogP contribution in [0.4, 0.5) is 4.39 Å². The normalized spacial score (nSPS) is 10.8. The van der Waals surface area contributed by atoms with Crippen LogP contribution in [0.3, 0.4) is 0 Å². The van der Waals surface area contributed by atoms with Crippen LogP contribution in [0.5, 0.6) is 5.75 Å². The van der Waals surface area contributed by atoms with Crippen LogP contribution in [0.1, 0.15) is 29.6 Å². The lowest BCUT2D eigenvalue weighted by Gasteiger charge is -2.06. The predicted octanol–water partition coefficient (Wildman–Crippen LogP) is 3.72. The fraction of sp³-hybridized carbons (Fsp3) is 0.375. The van der Waals surface area contributed by atoms with E-state index in [-0.39, 0.29) is 5.82 Å². The van der Waals surface area contributed by atoms with Crippen LogP contribution in [0, 0.1) is 19.7 Å². The van der Waals surface area contributed by atoms with Gasteiger partial charge in [0.1, 0.15) is 29.7 Å². The molecule has 0 atom stereocenters. The summed E-state index contributed by atoms with van der Waals surface area (Å²) in [5.74, 6) is 2.21. The summed E-state index contributed by atoms with van der Waals surface area (Å²) in [5.41, 5.74) is 1.60. The van der Waals surface area contributed by atoms with E-state index >= 15 is 0 Å². The van der Waals surface area contributed by atoms with Gasteiger partial charge in [-0.25, -0.2) is 4.39 Å². The van der Waals surface area contributed by atoms with Gasteiger partial charge in [0.05, 0.1) is 6.54 Å². The summed E-state index contributed by atoms with van der Waals surface area (Å²) in [6, 6.07) is 6.75. The molecule has 0 aliphatic heterocycles. The van der Waals surface area contributed by atoms with Crippen molar-refractivity contribution in [2.24, 2.45) is 0 Å². The molecule has 0 radical (unpaired) electrons. The molecule has 1 heterocycles. The summed E-state index contributed by atoms with van der Waals surface area (Å²) in [4.78, 5) is 0. The van der Waals surface area contributed by atoms with Crippen LogP contribution in [-0.4, -0.2) is 6.54 Å². The molecule has 2 aromatic rings. The molecule has 1 aromatic carbocycles. The van der Waals surface area contributed by atoms with E-state index in [0.29, 0.717) is 24.5 Å². The zero-order valence-corrected chi connectivity index (χ0v) is 12.1. The van der Waals surface area contributed by atoms with Crippen LogP contribution in [0.2, 0.25) is 0 Å². The second-order valence-electron chi connectivity index (χ2n) is 4.77. The number of ether oxygens (including phenoxy) is 1.